The Morgan fingerprint density at radius 1 is 0.963 bits per heavy atom. The fourth-order valence-corrected chi connectivity index (χ4v) is 8.68. The van der Waals surface area contributed by atoms with E-state index in [1.807, 2.05) is 18.2 Å². The maximum Gasteiger partial charge on any atom is 0.329 e. The van der Waals surface area contributed by atoms with E-state index in [2.05, 4.69) is 10.2 Å². The van der Waals surface area contributed by atoms with Gasteiger partial charge in [0.1, 0.15) is 42.5 Å². The maximum atomic E-state index is 15.6. The summed E-state index contributed by atoms with van der Waals surface area (Å²) in [6.45, 7) is 1.15. The summed E-state index contributed by atoms with van der Waals surface area (Å²) >= 11 is 0. The number of phenols is 1. The van der Waals surface area contributed by atoms with Crippen LogP contribution >= 0.6 is 0 Å². The molecule has 4 amide bonds. The van der Waals surface area contributed by atoms with Gasteiger partial charge in [0.25, 0.3) is 5.91 Å². The van der Waals surface area contributed by atoms with Gasteiger partial charge >= 0.3 is 15.9 Å². The molecule has 19 heteroatoms. The number of imide groups is 1. The zero-order valence-electron chi connectivity index (χ0n) is 29.0. The molecule has 3 N–H and O–H groups in total. The smallest absolute Gasteiger partial charge is 0.329 e. The van der Waals surface area contributed by atoms with Crippen molar-refractivity contribution in [1.82, 2.24) is 24.1 Å². The highest BCUT2D eigenvalue weighted by Crippen LogP contribution is 2.39. The summed E-state index contributed by atoms with van der Waals surface area (Å²) in [6, 6.07) is 10.6. The van der Waals surface area contributed by atoms with Gasteiger partial charge < -0.3 is 24.4 Å². The van der Waals surface area contributed by atoms with Crippen LogP contribution in [0.4, 0.5) is 15.8 Å². The molecule has 4 fully saturated rings. The van der Waals surface area contributed by atoms with E-state index in [1.54, 1.807) is 22.7 Å². The molecule has 4 aromatic rings. The molecule has 0 radical (unpaired) electrons. The predicted molar refractivity (Wildman–Crippen MR) is 191 cm³/mol. The first kappa shape index (κ1) is 35.3. The third-order valence-electron chi connectivity index (χ3n) is 10.4. The van der Waals surface area contributed by atoms with Crippen LogP contribution < -0.4 is 29.7 Å². The van der Waals surface area contributed by atoms with Gasteiger partial charge in [0.2, 0.25) is 17.7 Å². The number of aromatic nitrogens is 2. The topological polar surface area (TPSA) is 202 Å². The number of rotatable bonds is 8. The third-order valence-corrected chi connectivity index (χ3v) is 11.8. The number of carbonyl (C=O) groups excluding carboxylic acids is 4. The molecule has 4 aliphatic heterocycles. The molecule has 8 rings (SSSR count). The van der Waals surface area contributed by atoms with Gasteiger partial charge in [-0.3, -0.25) is 33.6 Å². The van der Waals surface area contributed by atoms with Gasteiger partial charge in [0, 0.05) is 37.6 Å². The average Bonchev–Trinajstić information content (AvgIpc) is 3.53. The first-order valence-electron chi connectivity index (χ1n) is 17.4. The van der Waals surface area contributed by atoms with Gasteiger partial charge in [0.15, 0.2) is 5.82 Å². The summed E-state index contributed by atoms with van der Waals surface area (Å²) in [6.07, 6.45) is 1.30. The average molecular weight is 766 g/mol. The molecule has 4 saturated heterocycles. The molecule has 1 atom stereocenters. The van der Waals surface area contributed by atoms with Crippen molar-refractivity contribution in [3.63, 3.8) is 0 Å². The van der Waals surface area contributed by atoms with E-state index in [0.29, 0.717) is 46.7 Å². The fraction of sp³-hybridized carbons (Fsp3) is 0.400. The SMILES string of the molecule is Cn1c(=O)n(C2CCC(=O)NC2=O)c2ccc(N3CCC(OCC(=O)N4CC(Oc5ccc6cc(O)c(N7CC(=O)NS7(=O)=O)c(F)c6c5)C4)CC3)cc21. The number of halogens is 1. The molecule has 1 unspecified atom stereocenters. The quantitative estimate of drug-likeness (QED) is 0.214. The summed E-state index contributed by atoms with van der Waals surface area (Å²) in [4.78, 5) is 65.6. The second-order valence-corrected chi connectivity index (χ2v) is 15.5. The number of nitrogens with zero attached hydrogens (tertiary/aromatic N) is 5. The number of hydrogen-bond acceptors (Lipinski definition) is 11. The zero-order valence-corrected chi connectivity index (χ0v) is 29.8. The number of aryl methyl sites for hydroxylation is 1. The Balaban J connectivity index is 0.829. The highest BCUT2D eigenvalue weighted by molar-refractivity contribution is 7.92. The van der Waals surface area contributed by atoms with Gasteiger partial charge in [0.05, 0.1) is 30.2 Å². The normalized spacial score (nSPS) is 20.7. The number of likely N-dealkylation sites (tertiary alicyclic amines) is 1. The Labute approximate surface area is 307 Å². The lowest BCUT2D eigenvalue weighted by molar-refractivity contribution is -0.147. The van der Waals surface area contributed by atoms with Gasteiger partial charge in [-0.1, -0.05) is 6.07 Å². The van der Waals surface area contributed by atoms with E-state index >= 15 is 4.39 Å². The van der Waals surface area contributed by atoms with E-state index in [1.165, 1.54) is 27.3 Å². The lowest BCUT2D eigenvalue weighted by atomic mass is 10.1. The first-order chi connectivity index (χ1) is 25.8. The van der Waals surface area contributed by atoms with Crippen LogP contribution in [0.25, 0.3) is 21.8 Å². The number of anilines is 2. The number of hydrogen-bond donors (Lipinski definition) is 3. The number of amides is 4. The summed E-state index contributed by atoms with van der Waals surface area (Å²) in [5.74, 6) is -3.25. The second kappa shape index (κ2) is 13.3. The van der Waals surface area contributed by atoms with Crippen molar-refractivity contribution >= 4 is 67.0 Å². The Bertz CT molecular complexity index is 2420. The molecule has 1 aromatic heterocycles. The summed E-state index contributed by atoms with van der Waals surface area (Å²) in [7, 11) is -2.70. The number of piperidine rings is 2. The minimum Gasteiger partial charge on any atom is -0.506 e. The molecule has 17 nitrogen and oxygen atoms in total. The largest absolute Gasteiger partial charge is 0.506 e. The molecule has 284 valence electrons. The lowest BCUT2D eigenvalue weighted by Gasteiger charge is -2.39. The Morgan fingerprint density at radius 3 is 2.43 bits per heavy atom. The van der Waals surface area contributed by atoms with E-state index in [4.69, 9.17) is 9.47 Å². The minimum atomic E-state index is -4.36. The standard InChI is InChI=1S/C35H36FN7O10S/c1-39-27-13-20(3-5-25(27)43(35(39)49)26-6-7-29(45)37-34(26)48)40-10-8-21(9-11-40)52-18-31(47)41-15-23(16-41)53-22-4-2-19-12-28(44)33(32(36)24(19)14-22)42-17-30(46)38-54(42,50)51/h2-5,12-14,21,23,26,44H,6-11,15-18H2,1H3,(H,38,46)(H,37,45,48). The molecule has 0 bridgehead atoms. The maximum absolute atomic E-state index is 15.6. The second-order valence-electron chi connectivity index (χ2n) is 13.9. The molecular weight excluding hydrogens is 729 g/mol. The van der Waals surface area contributed by atoms with Crippen molar-refractivity contribution in [2.24, 2.45) is 7.05 Å². The highest BCUT2D eigenvalue weighted by atomic mass is 32.2. The molecule has 3 aromatic carbocycles. The molecule has 0 aliphatic carbocycles. The number of fused-ring (bicyclic) bond motifs is 2. The monoisotopic (exact) mass is 765 g/mol. The summed E-state index contributed by atoms with van der Waals surface area (Å²) in [5, 5.41) is 13.0. The Morgan fingerprint density at radius 2 is 1.72 bits per heavy atom. The first-order valence-corrected chi connectivity index (χ1v) is 18.9. The van der Waals surface area contributed by atoms with Gasteiger partial charge in [-0.05, 0) is 61.0 Å². The number of nitrogens with one attached hydrogen (secondary N) is 2. The molecule has 5 heterocycles. The van der Waals surface area contributed by atoms with E-state index in [-0.39, 0.29) is 73.4 Å². The number of phenolic OH excluding ortho intramolecular Hbond substituents is 1. The Hall–Kier alpha value is -5.69. The predicted octanol–water partition coefficient (Wildman–Crippen LogP) is 0.772. The summed E-state index contributed by atoms with van der Waals surface area (Å²) in [5.41, 5.74) is 1.24. The van der Waals surface area contributed by atoms with Crippen molar-refractivity contribution in [3.8, 4) is 11.5 Å². The lowest BCUT2D eigenvalue weighted by Crippen LogP contribution is -2.57. The molecule has 0 saturated carbocycles. The van der Waals surface area contributed by atoms with Crippen molar-refractivity contribution in [1.29, 1.82) is 0 Å². The van der Waals surface area contributed by atoms with Gasteiger partial charge in [-0.15, -0.1) is 0 Å². The van der Waals surface area contributed by atoms with Crippen LogP contribution in [0.2, 0.25) is 0 Å². The van der Waals surface area contributed by atoms with E-state index in [0.717, 1.165) is 5.69 Å². The van der Waals surface area contributed by atoms with Crippen molar-refractivity contribution in [2.45, 2.75) is 43.9 Å². The number of benzene rings is 3. The van der Waals surface area contributed by atoms with Crippen LogP contribution in [0.1, 0.15) is 31.7 Å². The summed E-state index contributed by atoms with van der Waals surface area (Å²) < 4.78 is 57.3. The number of aromatic hydroxyl groups is 1. The van der Waals surface area contributed by atoms with Crippen LogP contribution in [-0.2, 0) is 41.2 Å². The third kappa shape index (κ3) is 6.25. The van der Waals surface area contributed by atoms with Gasteiger partial charge in [-0.25, -0.2) is 18.2 Å². The van der Waals surface area contributed by atoms with E-state index < -0.39 is 51.9 Å². The van der Waals surface area contributed by atoms with Crippen molar-refractivity contribution < 1.29 is 46.6 Å². The van der Waals surface area contributed by atoms with E-state index in [9.17, 15) is 37.5 Å². The molecular formula is C35H36FN7O10S. The van der Waals surface area contributed by atoms with Gasteiger partial charge in [-0.2, -0.15) is 8.42 Å². The molecule has 0 spiro atoms. The zero-order chi connectivity index (χ0) is 38.1. The van der Waals surface area contributed by atoms with Crippen molar-refractivity contribution in [3.05, 3.63) is 58.8 Å². The number of ether oxygens (including phenoxy) is 2. The molecule has 4 aliphatic rings. The minimum absolute atomic E-state index is 0.0170. The number of imidazole rings is 1. The van der Waals surface area contributed by atoms with Crippen LogP contribution in [-0.4, -0.2) is 103 Å². The van der Waals surface area contributed by atoms with Crippen molar-refractivity contribution in [2.75, 3.05) is 48.5 Å². The van der Waals surface area contributed by atoms with Crippen LogP contribution in [0, 0.1) is 5.82 Å². The molecule has 54 heavy (non-hydrogen) atoms. The van der Waals surface area contributed by atoms with Crippen LogP contribution in [0.5, 0.6) is 11.5 Å². The fourth-order valence-electron chi connectivity index (χ4n) is 7.51. The van der Waals surface area contributed by atoms with Crippen LogP contribution in [0.3, 0.4) is 0 Å². The number of carbonyl (C=O) groups is 4. The van der Waals surface area contributed by atoms with Crippen LogP contribution in [0.15, 0.2) is 47.3 Å². The highest BCUT2D eigenvalue weighted by Gasteiger charge is 2.38. The Kier molecular flexibility index (Phi) is 8.71.